The van der Waals surface area contributed by atoms with E-state index >= 15 is 0 Å². The Morgan fingerprint density at radius 2 is 1.75 bits per heavy atom. The number of aromatic nitrogens is 1. The molecule has 1 heterocycles. The van der Waals surface area contributed by atoms with Gasteiger partial charge in [-0.3, -0.25) is 4.79 Å². The maximum absolute atomic E-state index is 12.9. The molecule has 0 atom stereocenters. The van der Waals surface area contributed by atoms with E-state index in [0.717, 1.165) is 39.8 Å². The Bertz CT molecular complexity index is 1270. The summed E-state index contributed by atoms with van der Waals surface area (Å²) in [4.78, 5) is 17.1. The van der Waals surface area contributed by atoms with Crippen LogP contribution in [0, 0.1) is 6.92 Å². The summed E-state index contributed by atoms with van der Waals surface area (Å²) in [6.45, 7) is 2.01. The number of rotatable bonds is 5. The van der Waals surface area contributed by atoms with Crippen LogP contribution in [0.1, 0.15) is 21.5 Å². The van der Waals surface area contributed by atoms with Crippen molar-refractivity contribution in [1.29, 1.82) is 0 Å². The monoisotopic (exact) mass is 453 g/mol. The van der Waals surface area contributed by atoms with Crippen LogP contribution in [0.25, 0.3) is 11.3 Å². The Morgan fingerprint density at radius 3 is 2.53 bits per heavy atom. The molecule has 0 spiro atoms. The molecule has 0 aliphatic heterocycles. The predicted octanol–water partition coefficient (Wildman–Crippen LogP) is 7.13. The van der Waals surface area contributed by atoms with E-state index in [4.69, 9.17) is 0 Å². The quantitative estimate of drug-likeness (QED) is 0.338. The van der Waals surface area contributed by atoms with E-state index < -0.39 is 17.6 Å². The standard InChI is InChI=1S/C24H18F3N3OS/c1-15-6-2-3-11-20(15)29-23-30-21(14-32-23)16-7-5-10-19(13-16)28-22(31)17-8-4-9-18(12-17)24(25,26)27/h2-14H,1H3,(H,28,31)(H,29,30). The maximum atomic E-state index is 12.9. The van der Waals surface area contributed by atoms with Crippen LogP contribution in [0.2, 0.25) is 0 Å². The van der Waals surface area contributed by atoms with Crippen LogP contribution < -0.4 is 10.6 Å². The van der Waals surface area contributed by atoms with Gasteiger partial charge in [0.2, 0.25) is 0 Å². The van der Waals surface area contributed by atoms with Gasteiger partial charge in [0.25, 0.3) is 5.91 Å². The number of hydrogen-bond acceptors (Lipinski definition) is 4. The fraction of sp³-hybridized carbons (Fsp3) is 0.0833. The molecule has 1 amide bonds. The van der Waals surface area contributed by atoms with Crippen LogP contribution in [0.15, 0.2) is 78.2 Å². The van der Waals surface area contributed by atoms with Gasteiger partial charge in [0.15, 0.2) is 5.13 Å². The molecule has 2 N–H and O–H groups in total. The smallest absolute Gasteiger partial charge is 0.331 e. The summed E-state index contributed by atoms with van der Waals surface area (Å²) in [6.07, 6.45) is -4.51. The second-order valence-electron chi connectivity index (χ2n) is 7.09. The number of benzene rings is 3. The Balaban J connectivity index is 1.50. The van der Waals surface area contributed by atoms with Gasteiger partial charge < -0.3 is 10.6 Å². The van der Waals surface area contributed by atoms with Crippen molar-refractivity contribution in [3.8, 4) is 11.3 Å². The van der Waals surface area contributed by atoms with Gasteiger partial charge in [0.1, 0.15) is 0 Å². The van der Waals surface area contributed by atoms with Crippen molar-refractivity contribution < 1.29 is 18.0 Å². The third kappa shape index (κ3) is 4.97. The van der Waals surface area contributed by atoms with E-state index in [1.807, 2.05) is 42.6 Å². The first-order valence-corrected chi connectivity index (χ1v) is 10.5. The lowest BCUT2D eigenvalue weighted by molar-refractivity contribution is -0.137. The SMILES string of the molecule is Cc1ccccc1Nc1nc(-c2cccc(NC(=O)c3cccc(C(F)(F)F)c3)c2)cs1. The minimum atomic E-state index is -4.51. The molecule has 0 radical (unpaired) electrons. The highest BCUT2D eigenvalue weighted by Gasteiger charge is 2.30. The molecule has 0 aliphatic rings. The lowest BCUT2D eigenvalue weighted by Crippen LogP contribution is -2.14. The van der Waals surface area contributed by atoms with E-state index in [-0.39, 0.29) is 5.56 Å². The van der Waals surface area contributed by atoms with Crippen molar-refractivity contribution in [1.82, 2.24) is 4.98 Å². The minimum Gasteiger partial charge on any atom is -0.331 e. The van der Waals surface area contributed by atoms with E-state index in [1.165, 1.54) is 23.5 Å². The second-order valence-corrected chi connectivity index (χ2v) is 7.95. The fourth-order valence-corrected chi connectivity index (χ4v) is 3.82. The Kier molecular flexibility index (Phi) is 5.96. The molecule has 3 aromatic carbocycles. The third-order valence-corrected chi connectivity index (χ3v) is 5.52. The summed E-state index contributed by atoms with van der Waals surface area (Å²) >= 11 is 1.45. The molecule has 4 aromatic rings. The Morgan fingerprint density at radius 1 is 0.969 bits per heavy atom. The molecule has 1 aromatic heterocycles. The summed E-state index contributed by atoms with van der Waals surface area (Å²) in [5.41, 5.74) is 3.10. The highest BCUT2D eigenvalue weighted by molar-refractivity contribution is 7.14. The molecule has 0 fully saturated rings. The molecular formula is C24H18F3N3OS. The number of carbonyl (C=O) groups excluding carboxylic acids is 1. The molecule has 4 rings (SSSR count). The topological polar surface area (TPSA) is 54.0 Å². The highest BCUT2D eigenvalue weighted by atomic mass is 32.1. The average Bonchev–Trinajstić information content (AvgIpc) is 3.24. The zero-order valence-corrected chi connectivity index (χ0v) is 17.7. The first-order valence-electron chi connectivity index (χ1n) is 9.67. The predicted molar refractivity (Wildman–Crippen MR) is 121 cm³/mol. The number of hydrogen-bond donors (Lipinski definition) is 2. The molecule has 0 aliphatic carbocycles. The van der Waals surface area contributed by atoms with Crippen LogP contribution in [-0.2, 0) is 6.18 Å². The van der Waals surface area contributed by atoms with Crippen LogP contribution >= 0.6 is 11.3 Å². The second kappa shape index (κ2) is 8.84. The van der Waals surface area contributed by atoms with Gasteiger partial charge in [-0.25, -0.2) is 4.98 Å². The van der Waals surface area contributed by atoms with Crippen molar-refractivity contribution in [2.75, 3.05) is 10.6 Å². The van der Waals surface area contributed by atoms with Crippen molar-refractivity contribution in [2.24, 2.45) is 0 Å². The number of aryl methyl sites for hydroxylation is 1. The number of anilines is 3. The number of thiazole rings is 1. The van der Waals surface area contributed by atoms with Gasteiger partial charge in [-0.2, -0.15) is 13.2 Å². The van der Waals surface area contributed by atoms with E-state index in [9.17, 15) is 18.0 Å². The number of nitrogens with one attached hydrogen (secondary N) is 2. The van der Waals surface area contributed by atoms with Crippen LogP contribution in [0.5, 0.6) is 0 Å². The normalized spacial score (nSPS) is 11.2. The molecular weight excluding hydrogens is 435 g/mol. The number of alkyl halides is 3. The van der Waals surface area contributed by atoms with Crippen LogP contribution in [-0.4, -0.2) is 10.9 Å². The summed E-state index contributed by atoms with van der Waals surface area (Å²) in [5, 5.41) is 8.58. The van der Waals surface area contributed by atoms with Gasteiger partial charge in [-0.1, -0.05) is 36.4 Å². The summed E-state index contributed by atoms with van der Waals surface area (Å²) < 4.78 is 38.8. The third-order valence-electron chi connectivity index (χ3n) is 4.76. The van der Waals surface area contributed by atoms with Crippen molar-refractivity contribution >= 4 is 33.8 Å². The van der Waals surface area contributed by atoms with E-state index in [1.54, 1.807) is 18.2 Å². The molecule has 4 nitrogen and oxygen atoms in total. The lowest BCUT2D eigenvalue weighted by atomic mass is 10.1. The molecule has 32 heavy (non-hydrogen) atoms. The molecule has 8 heteroatoms. The molecule has 162 valence electrons. The average molecular weight is 453 g/mol. The minimum absolute atomic E-state index is 0.0661. The summed E-state index contributed by atoms with van der Waals surface area (Å²) in [7, 11) is 0. The zero-order valence-electron chi connectivity index (χ0n) is 16.9. The number of amides is 1. The number of halogens is 3. The van der Waals surface area contributed by atoms with Gasteiger partial charge in [-0.05, 0) is 48.9 Å². The summed E-state index contributed by atoms with van der Waals surface area (Å²) in [5.74, 6) is -0.617. The van der Waals surface area contributed by atoms with Crippen LogP contribution in [0.3, 0.4) is 0 Å². The van der Waals surface area contributed by atoms with Crippen LogP contribution in [0.4, 0.5) is 29.7 Å². The Labute approximate surface area is 186 Å². The van der Waals surface area contributed by atoms with Crippen molar-refractivity contribution in [2.45, 2.75) is 13.1 Å². The van der Waals surface area contributed by atoms with E-state index in [0.29, 0.717) is 5.69 Å². The number of nitrogens with zero attached hydrogens (tertiary/aromatic N) is 1. The summed E-state index contributed by atoms with van der Waals surface area (Å²) in [6, 6.07) is 19.2. The number of carbonyl (C=O) groups is 1. The first-order chi connectivity index (χ1) is 15.3. The molecule has 0 bridgehead atoms. The molecule has 0 saturated heterocycles. The Hall–Kier alpha value is -3.65. The van der Waals surface area contributed by atoms with Gasteiger partial charge in [-0.15, -0.1) is 11.3 Å². The molecule has 0 saturated carbocycles. The lowest BCUT2D eigenvalue weighted by Gasteiger charge is -2.10. The zero-order chi connectivity index (χ0) is 22.7. The van der Waals surface area contributed by atoms with E-state index in [2.05, 4.69) is 15.6 Å². The van der Waals surface area contributed by atoms with Gasteiger partial charge in [0.05, 0.1) is 11.3 Å². The van der Waals surface area contributed by atoms with Crippen molar-refractivity contribution in [3.05, 3.63) is 94.9 Å². The fourth-order valence-electron chi connectivity index (χ4n) is 3.09. The van der Waals surface area contributed by atoms with Gasteiger partial charge in [0, 0.05) is 27.9 Å². The largest absolute Gasteiger partial charge is 0.416 e. The first kappa shape index (κ1) is 21.6. The molecule has 0 unspecified atom stereocenters. The number of para-hydroxylation sites is 1. The highest BCUT2D eigenvalue weighted by Crippen LogP contribution is 2.31. The van der Waals surface area contributed by atoms with Gasteiger partial charge >= 0.3 is 6.18 Å². The van der Waals surface area contributed by atoms with Crippen molar-refractivity contribution in [3.63, 3.8) is 0 Å². The maximum Gasteiger partial charge on any atom is 0.416 e.